The molecule has 48 valence electrons. The molecule has 0 rings (SSSR count). The zero-order valence-corrected chi connectivity index (χ0v) is 3.97. The van der Waals surface area contributed by atoms with Gasteiger partial charge in [-0.3, -0.25) is 0 Å². The minimum absolute atomic E-state index is 0.545. The van der Waals surface area contributed by atoms with Crippen LogP contribution in [0.25, 0.3) is 0 Å². The maximum atomic E-state index is 11.6. The van der Waals surface area contributed by atoms with Gasteiger partial charge in [0.05, 0.1) is 0 Å². The Hall–Kier alpha value is -1.38. The lowest BCUT2D eigenvalue weighted by atomic mass is 11.0. The lowest BCUT2D eigenvalue weighted by molar-refractivity contribution is 0.0216. The molecule has 0 N–H and O–H groups in total. The van der Waals surface area contributed by atoms with Crippen LogP contribution >= 0.6 is 0 Å². The van der Waals surface area contributed by atoms with Crippen molar-refractivity contribution in [1.82, 2.24) is 0 Å². The number of rotatable bonds is 2. The number of hydrogen-bond acceptors (Lipinski definition) is 4. The normalized spacial score (nSPS) is 9.11. The van der Waals surface area contributed by atoms with E-state index >= 15 is 0 Å². The van der Waals surface area contributed by atoms with Crippen molar-refractivity contribution in [3.63, 3.8) is 0 Å². The summed E-state index contributed by atoms with van der Waals surface area (Å²) in [6.45, 7) is 0. The Morgan fingerprint density at radius 1 is 1.11 bits per heavy atom. The molecule has 0 aliphatic rings. The predicted molar refractivity (Wildman–Crippen MR) is 21.2 cm³/mol. The molecule has 0 aliphatic heterocycles. The number of nitrogens with zero attached hydrogens (tertiary/aromatic N) is 2. The number of aliphatic imine (C=N–C) groups is 2. The van der Waals surface area contributed by atoms with E-state index in [1.165, 1.54) is 0 Å². The molecule has 0 aromatic carbocycles. The minimum atomic E-state index is -4.00. The molecule has 0 amide bonds. The van der Waals surface area contributed by atoms with Gasteiger partial charge >= 0.3 is 6.17 Å². The van der Waals surface area contributed by atoms with Crippen molar-refractivity contribution in [3.8, 4) is 0 Å². The molecule has 0 aromatic heterocycles. The van der Waals surface area contributed by atoms with E-state index in [1.807, 2.05) is 9.98 Å². The Morgan fingerprint density at radius 3 is 1.67 bits per heavy atom. The number of hydrogen-bond donors (Lipinski definition) is 0. The van der Waals surface area contributed by atoms with Gasteiger partial charge in [0.15, 0.2) is 0 Å². The summed E-state index contributed by atoms with van der Waals surface area (Å²) >= 11 is 0. The average Bonchev–Trinajstić information content (AvgIpc) is 1.64. The first-order valence-electron chi connectivity index (χ1n) is 1.68. The van der Waals surface area contributed by atoms with Gasteiger partial charge in [-0.25, -0.2) is 9.59 Å². The molecule has 0 saturated carbocycles. The highest BCUT2D eigenvalue weighted by molar-refractivity contribution is 5.37. The molecule has 0 unspecified atom stereocenters. The average molecular weight is 134 g/mol. The Bertz CT molecular complexity index is 170. The molecule has 0 bridgehead atoms. The standard InChI is InChI=1S/C3F2N2O2/c4-3(5,6-1-8)7-2-9. The smallest absolute Gasteiger partial charge is 0.211 e. The summed E-state index contributed by atoms with van der Waals surface area (Å²) in [6.07, 6.45) is -2.91. The Balaban J connectivity index is 4.36. The summed E-state index contributed by atoms with van der Waals surface area (Å²) in [5.41, 5.74) is 0. The van der Waals surface area contributed by atoms with Crippen molar-refractivity contribution in [2.75, 3.05) is 0 Å². The third kappa shape index (κ3) is 3.22. The number of carbonyl (C=O) groups excluding carboxylic acids is 2. The van der Waals surface area contributed by atoms with E-state index < -0.39 is 6.17 Å². The summed E-state index contributed by atoms with van der Waals surface area (Å²) in [5.74, 6) is 0. The van der Waals surface area contributed by atoms with Crippen molar-refractivity contribution < 1.29 is 18.4 Å². The largest absolute Gasteiger partial charge is 0.470 e. The quantitative estimate of drug-likeness (QED) is 0.308. The topological polar surface area (TPSA) is 58.9 Å². The first-order valence-corrected chi connectivity index (χ1v) is 1.68. The van der Waals surface area contributed by atoms with Crippen molar-refractivity contribution in [3.05, 3.63) is 0 Å². The van der Waals surface area contributed by atoms with Crippen LogP contribution in [0.5, 0.6) is 0 Å². The van der Waals surface area contributed by atoms with Crippen molar-refractivity contribution in [2.45, 2.75) is 6.17 Å². The van der Waals surface area contributed by atoms with E-state index in [4.69, 9.17) is 9.59 Å². The molecule has 0 radical (unpaired) electrons. The second kappa shape index (κ2) is 2.81. The van der Waals surface area contributed by atoms with Crippen LogP contribution in [0.2, 0.25) is 0 Å². The highest BCUT2D eigenvalue weighted by Crippen LogP contribution is 2.13. The first-order chi connectivity index (χ1) is 4.12. The van der Waals surface area contributed by atoms with Crippen LogP contribution in [-0.4, -0.2) is 18.3 Å². The maximum absolute atomic E-state index is 11.6. The fraction of sp³-hybridized carbons (Fsp3) is 0.333. The molecule has 0 spiro atoms. The third-order valence-corrected chi connectivity index (χ3v) is 0.360. The molecule has 0 fully saturated rings. The van der Waals surface area contributed by atoms with E-state index in [1.54, 1.807) is 0 Å². The highest BCUT2D eigenvalue weighted by Gasteiger charge is 2.26. The second-order valence-corrected chi connectivity index (χ2v) is 0.916. The Kier molecular flexibility index (Phi) is 2.38. The SMILES string of the molecule is O=C=NC(F)(F)N=C=O. The molecular formula is C3F2N2O2. The number of isocyanates is 2. The molecule has 0 atom stereocenters. The van der Waals surface area contributed by atoms with Gasteiger partial charge in [-0.05, 0) is 0 Å². The zero-order valence-electron chi connectivity index (χ0n) is 3.97. The number of alkyl halides is 2. The molecule has 0 heterocycles. The fourth-order valence-corrected chi connectivity index (χ4v) is 0.135. The van der Waals surface area contributed by atoms with Gasteiger partial charge in [-0.1, -0.05) is 0 Å². The van der Waals surface area contributed by atoms with Gasteiger partial charge < -0.3 is 0 Å². The molecule has 0 aliphatic carbocycles. The molecule has 4 nitrogen and oxygen atoms in total. The lowest BCUT2D eigenvalue weighted by Crippen LogP contribution is -2.06. The first kappa shape index (κ1) is 7.62. The van der Waals surface area contributed by atoms with Gasteiger partial charge in [0.2, 0.25) is 12.2 Å². The summed E-state index contributed by atoms with van der Waals surface area (Å²) < 4.78 is 23.1. The molecule has 6 heteroatoms. The van der Waals surface area contributed by atoms with Crippen LogP contribution in [0.3, 0.4) is 0 Å². The molecule has 0 aromatic rings. The van der Waals surface area contributed by atoms with Gasteiger partial charge in [0.25, 0.3) is 0 Å². The van der Waals surface area contributed by atoms with Crippen LogP contribution in [0.4, 0.5) is 8.78 Å². The number of halogens is 2. The van der Waals surface area contributed by atoms with E-state index in [0.717, 1.165) is 0 Å². The molecule has 0 saturated heterocycles. The van der Waals surface area contributed by atoms with Crippen molar-refractivity contribution in [2.24, 2.45) is 9.98 Å². The highest BCUT2D eigenvalue weighted by atomic mass is 19.3. The zero-order chi connectivity index (χ0) is 7.33. The Labute approximate surface area is 47.9 Å². The lowest BCUT2D eigenvalue weighted by Gasteiger charge is -1.93. The van der Waals surface area contributed by atoms with Crippen molar-refractivity contribution in [1.29, 1.82) is 0 Å². The van der Waals surface area contributed by atoms with Gasteiger partial charge in [-0.2, -0.15) is 8.78 Å². The predicted octanol–water partition coefficient (Wildman–Crippen LogP) is 0.208. The van der Waals surface area contributed by atoms with Crippen LogP contribution in [0.15, 0.2) is 9.98 Å². The summed E-state index contributed by atoms with van der Waals surface area (Å²) in [4.78, 5) is 22.0. The van der Waals surface area contributed by atoms with E-state index in [2.05, 4.69) is 0 Å². The minimum Gasteiger partial charge on any atom is -0.211 e. The second-order valence-electron chi connectivity index (χ2n) is 0.916. The van der Waals surface area contributed by atoms with Gasteiger partial charge in [0, 0.05) is 0 Å². The fourth-order valence-electron chi connectivity index (χ4n) is 0.135. The van der Waals surface area contributed by atoms with Crippen LogP contribution < -0.4 is 0 Å². The molecule has 9 heavy (non-hydrogen) atoms. The van der Waals surface area contributed by atoms with E-state index in [-0.39, 0.29) is 0 Å². The van der Waals surface area contributed by atoms with Gasteiger partial charge in [0.1, 0.15) is 0 Å². The van der Waals surface area contributed by atoms with E-state index in [9.17, 15) is 8.78 Å². The molecular weight excluding hydrogens is 134 g/mol. The summed E-state index contributed by atoms with van der Waals surface area (Å²) in [6, 6.07) is 0. The van der Waals surface area contributed by atoms with E-state index in [0.29, 0.717) is 12.2 Å². The van der Waals surface area contributed by atoms with Crippen molar-refractivity contribution >= 4 is 12.2 Å². The third-order valence-electron chi connectivity index (χ3n) is 0.360. The van der Waals surface area contributed by atoms with Gasteiger partial charge in [-0.15, -0.1) is 9.98 Å². The Morgan fingerprint density at radius 2 is 1.44 bits per heavy atom. The summed E-state index contributed by atoms with van der Waals surface area (Å²) in [7, 11) is 0. The van der Waals surface area contributed by atoms with Crippen LogP contribution in [-0.2, 0) is 9.59 Å². The monoisotopic (exact) mass is 134 g/mol. The summed E-state index contributed by atoms with van der Waals surface area (Å²) in [5, 5.41) is 0. The van der Waals surface area contributed by atoms with Crippen LogP contribution in [0.1, 0.15) is 0 Å². The van der Waals surface area contributed by atoms with Crippen LogP contribution in [0, 0.1) is 0 Å². The maximum Gasteiger partial charge on any atom is 0.470 e.